The average Bonchev–Trinajstić information content (AvgIpc) is 2.90. The van der Waals surface area contributed by atoms with E-state index in [9.17, 15) is 31.5 Å². The monoisotopic (exact) mass is 541 g/mol. The number of anilines is 2. The van der Waals surface area contributed by atoms with Gasteiger partial charge in [0.15, 0.2) is 11.4 Å². The zero-order valence-electron chi connectivity index (χ0n) is 19.6. The normalized spacial score (nSPS) is 11.5. The summed E-state index contributed by atoms with van der Waals surface area (Å²) in [5, 5.41) is 5.60. The number of benzene rings is 3. The van der Waals surface area contributed by atoms with Gasteiger partial charge in [-0.05, 0) is 30.3 Å². The molecule has 3 N–H and O–H groups in total. The number of H-pyrrole nitrogens is 1. The molecule has 198 valence electrons. The SMILES string of the molecule is O=C(Nc1cc(C(F)(F)F)ccc1F)Nc1ccc(Oc2ccnc3nc(CF)c(=O)[nH]c23)c2ccccc12. The number of aromatic amines is 1. The summed E-state index contributed by atoms with van der Waals surface area (Å²) in [6, 6.07) is 11.9. The van der Waals surface area contributed by atoms with Gasteiger partial charge in [0, 0.05) is 23.0 Å². The van der Waals surface area contributed by atoms with Crippen LogP contribution in [-0.2, 0) is 12.9 Å². The summed E-state index contributed by atoms with van der Waals surface area (Å²) in [7, 11) is 0. The largest absolute Gasteiger partial charge is 0.454 e. The van der Waals surface area contributed by atoms with Gasteiger partial charge in [-0.3, -0.25) is 4.79 Å². The van der Waals surface area contributed by atoms with Crippen LogP contribution in [0.25, 0.3) is 21.9 Å². The average molecular weight is 541 g/mol. The number of alkyl halides is 4. The smallest absolute Gasteiger partial charge is 0.416 e. The highest BCUT2D eigenvalue weighted by atomic mass is 19.4. The molecular formula is C26H16F5N5O3. The van der Waals surface area contributed by atoms with Crippen LogP contribution >= 0.6 is 0 Å². The zero-order valence-corrected chi connectivity index (χ0v) is 19.6. The molecule has 0 fully saturated rings. The number of aromatic nitrogens is 3. The van der Waals surface area contributed by atoms with E-state index >= 15 is 0 Å². The molecule has 0 saturated heterocycles. The lowest BCUT2D eigenvalue weighted by molar-refractivity contribution is -0.137. The number of ether oxygens (including phenoxy) is 1. The Morgan fingerprint density at radius 2 is 1.69 bits per heavy atom. The van der Waals surface area contributed by atoms with Crippen molar-refractivity contribution in [3.8, 4) is 11.5 Å². The van der Waals surface area contributed by atoms with Crippen molar-refractivity contribution in [1.82, 2.24) is 15.0 Å². The number of nitrogens with zero attached hydrogens (tertiary/aromatic N) is 2. The van der Waals surface area contributed by atoms with E-state index in [1.165, 1.54) is 24.4 Å². The highest BCUT2D eigenvalue weighted by Crippen LogP contribution is 2.36. The molecule has 39 heavy (non-hydrogen) atoms. The van der Waals surface area contributed by atoms with Crippen LogP contribution in [0.2, 0.25) is 0 Å². The minimum Gasteiger partial charge on any atom is -0.454 e. The lowest BCUT2D eigenvalue weighted by atomic mass is 10.1. The Morgan fingerprint density at radius 3 is 2.44 bits per heavy atom. The molecule has 8 nitrogen and oxygen atoms in total. The first kappa shape index (κ1) is 25.6. The standard InChI is InChI=1S/C26H16F5N5O3/c27-12-19-24(37)36-22-21(9-10-32-23(22)33-19)39-20-8-7-17(14-3-1-2-4-15(14)20)34-25(38)35-18-11-13(26(29,30)31)5-6-16(18)28/h1-11H,12H2,(H,36,37)(H2,34,35,38). The fourth-order valence-electron chi connectivity index (χ4n) is 3.84. The molecular weight excluding hydrogens is 525 g/mol. The number of fused-ring (bicyclic) bond motifs is 2. The zero-order chi connectivity index (χ0) is 27.7. The number of pyridine rings is 1. The minimum atomic E-state index is -4.72. The summed E-state index contributed by atoms with van der Waals surface area (Å²) >= 11 is 0. The Hall–Kier alpha value is -5.07. The van der Waals surface area contributed by atoms with Crippen molar-refractivity contribution in [2.24, 2.45) is 0 Å². The van der Waals surface area contributed by atoms with Crippen molar-refractivity contribution in [3.63, 3.8) is 0 Å². The number of urea groups is 1. The van der Waals surface area contributed by atoms with E-state index in [-0.39, 0.29) is 28.3 Å². The minimum absolute atomic E-state index is 0.0702. The first-order valence-electron chi connectivity index (χ1n) is 11.2. The van der Waals surface area contributed by atoms with Crippen LogP contribution in [0.5, 0.6) is 11.5 Å². The van der Waals surface area contributed by atoms with Crippen molar-refractivity contribution in [2.75, 3.05) is 10.6 Å². The van der Waals surface area contributed by atoms with E-state index < -0.39 is 41.5 Å². The maximum atomic E-state index is 14.1. The van der Waals surface area contributed by atoms with Gasteiger partial charge in [-0.15, -0.1) is 0 Å². The molecule has 0 aliphatic rings. The van der Waals surface area contributed by atoms with E-state index in [2.05, 4.69) is 25.6 Å². The third-order valence-corrected chi connectivity index (χ3v) is 5.65. The highest BCUT2D eigenvalue weighted by Gasteiger charge is 2.31. The molecule has 0 saturated carbocycles. The Kier molecular flexibility index (Phi) is 6.56. The summed E-state index contributed by atoms with van der Waals surface area (Å²) in [6.45, 7) is -1.06. The van der Waals surface area contributed by atoms with Crippen LogP contribution in [0, 0.1) is 5.82 Å². The van der Waals surface area contributed by atoms with Crippen LogP contribution in [0.3, 0.4) is 0 Å². The van der Waals surface area contributed by atoms with E-state index in [0.29, 0.717) is 34.7 Å². The quantitative estimate of drug-likeness (QED) is 0.219. The lowest BCUT2D eigenvalue weighted by Crippen LogP contribution is -2.21. The molecule has 0 spiro atoms. The third-order valence-electron chi connectivity index (χ3n) is 5.65. The number of halogens is 5. The number of carbonyl (C=O) groups is 1. The molecule has 0 unspecified atom stereocenters. The molecule has 0 bridgehead atoms. The van der Waals surface area contributed by atoms with Crippen LogP contribution in [0.4, 0.5) is 38.1 Å². The van der Waals surface area contributed by atoms with Gasteiger partial charge in [-0.2, -0.15) is 13.2 Å². The second-order valence-electron chi connectivity index (χ2n) is 8.18. The predicted molar refractivity (Wildman–Crippen MR) is 133 cm³/mol. The first-order valence-corrected chi connectivity index (χ1v) is 11.2. The van der Waals surface area contributed by atoms with Gasteiger partial charge in [0.2, 0.25) is 0 Å². The van der Waals surface area contributed by atoms with E-state index in [0.717, 1.165) is 0 Å². The Morgan fingerprint density at radius 1 is 0.949 bits per heavy atom. The summed E-state index contributed by atoms with van der Waals surface area (Å²) in [6.07, 6.45) is -3.34. The van der Waals surface area contributed by atoms with Crippen molar-refractivity contribution in [1.29, 1.82) is 0 Å². The molecule has 0 aliphatic carbocycles. The van der Waals surface area contributed by atoms with Crippen LogP contribution in [0.1, 0.15) is 11.3 Å². The highest BCUT2D eigenvalue weighted by molar-refractivity contribution is 6.07. The summed E-state index contributed by atoms with van der Waals surface area (Å²) in [5.74, 6) is -0.551. The molecule has 5 rings (SSSR count). The number of hydrogen-bond donors (Lipinski definition) is 3. The second kappa shape index (κ2) is 10.0. The number of nitrogens with one attached hydrogen (secondary N) is 3. The van der Waals surface area contributed by atoms with Crippen LogP contribution in [-0.4, -0.2) is 21.0 Å². The van der Waals surface area contributed by atoms with Gasteiger partial charge < -0.3 is 20.4 Å². The van der Waals surface area contributed by atoms with E-state index in [1.807, 2.05) is 0 Å². The summed E-state index contributed by atoms with van der Waals surface area (Å²) in [5.41, 5.74) is -2.34. The molecule has 2 heterocycles. The number of amides is 2. The Balaban J connectivity index is 1.45. The fraction of sp³-hybridized carbons (Fsp3) is 0.0769. The molecule has 2 aromatic heterocycles. The number of hydrogen-bond acceptors (Lipinski definition) is 5. The lowest BCUT2D eigenvalue weighted by Gasteiger charge is -2.15. The molecule has 0 aliphatic heterocycles. The van der Waals surface area contributed by atoms with Gasteiger partial charge in [0.25, 0.3) is 5.56 Å². The van der Waals surface area contributed by atoms with Crippen molar-refractivity contribution >= 4 is 39.3 Å². The summed E-state index contributed by atoms with van der Waals surface area (Å²) in [4.78, 5) is 35.1. The van der Waals surface area contributed by atoms with Crippen molar-refractivity contribution < 1.29 is 31.5 Å². The van der Waals surface area contributed by atoms with Crippen LogP contribution in [0.15, 0.2) is 71.7 Å². The van der Waals surface area contributed by atoms with E-state index in [1.54, 1.807) is 24.3 Å². The van der Waals surface area contributed by atoms with E-state index in [4.69, 9.17) is 4.74 Å². The molecule has 5 aromatic rings. The summed E-state index contributed by atoms with van der Waals surface area (Å²) < 4.78 is 72.1. The topological polar surface area (TPSA) is 109 Å². The second-order valence-corrected chi connectivity index (χ2v) is 8.18. The Bertz CT molecular complexity index is 1790. The molecule has 13 heteroatoms. The van der Waals surface area contributed by atoms with Gasteiger partial charge in [-0.25, -0.2) is 23.5 Å². The van der Waals surface area contributed by atoms with Crippen LogP contribution < -0.4 is 20.9 Å². The third kappa shape index (κ3) is 5.19. The first-order chi connectivity index (χ1) is 18.6. The van der Waals surface area contributed by atoms with Crippen molar-refractivity contribution in [2.45, 2.75) is 12.9 Å². The van der Waals surface area contributed by atoms with Gasteiger partial charge in [-0.1, -0.05) is 24.3 Å². The predicted octanol–water partition coefficient (Wildman–Crippen LogP) is 6.54. The molecule has 0 atom stereocenters. The molecule has 2 amide bonds. The number of carbonyl (C=O) groups excluding carboxylic acids is 1. The van der Waals surface area contributed by atoms with Gasteiger partial charge in [0.05, 0.1) is 16.9 Å². The fourth-order valence-corrected chi connectivity index (χ4v) is 3.84. The maximum Gasteiger partial charge on any atom is 0.416 e. The maximum absolute atomic E-state index is 14.1. The van der Waals surface area contributed by atoms with Gasteiger partial charge >= 0.3 is 12.2 Å². The number of rotatable bonds is 5. The molecule has 0 radical (unpaired) electrons. The van der Waals surface area contributed by atoms with Crippen molar-refractivity contribution in [3.05, 3.63) is 94.3 Å². The van der Waals surface area contributed by atoms with Gasteiger partial charge in [0.1, 0.15) is 29.5 Å². The molecule has 3 aromatic carbocycles. The Labute approximate surface area is 215 Å².